The zero-order chi connectivity index (χ0) is 8.97. The van der Waals surface area contributed by atoms with Gasteiger partial charge in [-0.2, -0.15) is 0 Å². The average Bonchev–Trinajstić information content (AvgIpc) is 2.06. The molecule has 0 heterocycles. The standard InChI is InChI=1S/C9H10N2O/c1-7(9(10)12)11-8-5-3-2-4-6-8/h2-6,11H,1H2,(H2,10,12). The van der Waals surface area contributed by atoms with Crippen molar-refractivity contribution in [3.8, 4) is 0 Å². The molecular weight excluding hydrogens is 152 g/mol. The molecule has 0 aliphatic heterocycles. The molecule has 0 saturated heterocycles. The minimum Gasteiger partial charge on any atom is -0.364 e. The van der Waals surface area contributed by atoms with Gasteiger partial charge in [0.05, 0.1) is 5.70 Å². The van der Waals surface area contributed by atoms with Crippen LogP contribution < -0.4 is 11.1 Å². The van der Waals surface area contributed by atoms with E-state index < -0.39 is 5.91 Å². The molecule has 0 spiro atoms. The number of carbonyl (C=O) groups excluding carboxylic acids is 1. The van der Waals surface area contributed by atoms with Crippen molar-refractivity contribution in [1.82, 2.24) is 0 Å². The molecule has 0 radical (unpaired) electrons. The van der Waals surface area contributed by atoms with Crippen molar-refractivity contribution in [2.45, 2.75) is 0 Å². The molecule has 3 N–H and O–H groups in total. The second kappa shape index (κ2) is 3.57. The lowest BCUT2D eigenvalue weighted by Gasteiger charge is -2.04. The SMILES string of the molecule is C=C(Nc1ccccc1)C(N)=O. The van der Waals surface area contributed by atoms with Crippen LogP contribution in [0.15, 0.2) is 42.6 Å². The molecule has 0 unspecified atom stereocenters. The monoisotopic (exact) mass is 162 g/mol. The molecule has 1 aromatic carbocycles. The van der Waals surface area contributed by atoms with Crippen LogP contribution in [0.5, 0.6) is 0 Å². The second-order valence-corrected chi connectivity index (χ2v) is 2.33. The third-order valence-electron chi connectivity index (χ3n) is 1.37. The lowest BCUT2D eigenvalue weighted by atomic mass is 10.3. The normalized spacial score (nSPS) is 9.00. The Kier molecular flexibility index (Phi) is 2.48. The maximum Gasteiger partial charge on any atom is 0.264 e. The van der Waals surface area contributed by atoms with Crippen LogP contribution in [0.4, 0.5) is 5.69 Å². The van der Waals surface area contributed by atoms with Crippen molar-refractivity contribution in [3.63, 3.8) is 0 Å². The van der Waals surface area contributed by atoms with E-state index in [0.717, 1.165) is 5.69 Å². The third kappa shape index (κ3) is 2.12. The summed E-state index contributed by atoms with van der Waals surface area (Å²) in [4.78, 5) is 10.6. The van der Waals surface area contributed by atoms with Gasteiger partial charge in [-0.25, -0.2) is 0 Å². The molecule has 0 aliphatic rings. The summed E-state index contributed by atoms with van der Waals surface area (Å²) in [5.41, 5.74) is 5.99. The van der Waals surface area contributed by atoms with Gasteiger partial charge in [0.15, 0.2) is 0 Å². The maximum atomic E-state index is 10.6. The number of hydrogen-bond acceptors (Lipinski definition) is 2. The number of carbonyl (C=O) groups is 1. The molecule has 0 bridgehead atoms. The fourth-order valence-electron chi connectivity index (χ4n) is 0.757. The molecule has 1 aromatic rings. The highest BCUT2D eigenvalue weighted by Gasteiger charge is 1.99. The smallest absolute Gasteiger partial charge is 0.264 e. The summed E-state index contributed by atoms with van der Waals surface area (Å²) in [5.74, 6) is -0.543. The van der Waals surface area contributed by atoms with Crippen LogP contribution in [0.1, 0.15) is 0 Å². The number of para-hydroxylation sites is 1. The number of primary amides is 1. The lowest BCUT2D eigenvalue weighted by molar-refractivity contribution is -0.114. The summed E-state index contributed by atoms with van der Waals surface area (Å²) < 4.78 is 0. The number of anilines is 1. The zero-order valence-corrected chi connectivity index (χ0v) is 6.58. The van der Waals surface area contributed by atoms with Crippen molar-refractivity contribution < 1.29 is 4.79 Å². The highest BCUT2D eigenvalue weighted by atomic mass is 16.1. The molecule has 0 saturated carbocycles. The number of rotatable bonds is 3. The van der Waals surface area contributed by atoms with Gasteiger partial charge < -0.3 is 11.1 Å². The Hall–Kier alpha value is -1.77. The Labute approximate surface area is 70.9 Å². The zero-order valence-electron chi connectivity index (χ0n) is 6.58. The van der Waals surface area contributed by atoms with Crippen molar-refractivity contribution in [3.05, 3.63) is 42.6 Å². The van der Waals surface area contributed by atoms with E-state index in [9.17, 15) is 4.79 Å². The summed E-state index contributed by atoms with van der Waals surface area (Å²) in [5, 5.41) is 2.77. The van der Waals surface area contributed by atoms with Crippen LogP contribution in [0.25, 0.3) is 0 Å². The van der Waals surface area contributed by atoms with Gasteiger partial charge in [-0.3, -0.25) is 4.79 Å². The number of nitrogens with one attached hydrogen (secondary N) is 1. The van der Waals surface area contributed by atoms with Gasteiger partial charge in [0.2, 0.25) is 0 Å². The van der Waals surface area contributed by atoms with Gasteiger partial charge in [0.25, 0.3) is 5.91 Å². The Morgan fingerprint density at radius 1 is 1.33 bits per heavy atom. The molecule has 1 amide bonds. The number of amides is 1. The fraction of sp³-hybridized carbons (Fsp3) is 0. The minimum atomic E-state index is -0.543. The minimum absolute atomic E-state index is 0.196. The molecule has 3 heteroatoms. The van der Waals surface area contributed by atoms with Crippen LogP contribution in [-0.2, 0) is 4.79 Å². The van der Waals surface area contributed by atoms with E-state index in [-0.39, 0.29) is 5.70 Å². The summed E-state index contributed by atoms with van der Waals surface area (Å²) in [6, 6.07) is 9.26. The van der Waals surface area contributed by atoms with Crippen LogP contribution in [0.3, 0.4) is 0 Å². The van der Waals surface area contributed by atoms with Gasteiger partial charge in [0, 0.05) is 5.69 Å². The van der Waals surface area contributed by atoms with Crippen molar-refractivity contribution in [2.24, 2.45) is 5.73 Å². The largest absolute Gasteiger partial charge is 0.364 e. The fourth-order valence-corrected chi connectivity index (χ4v) is 0.757. The summed E-state index contributed by atoms with van der Waals surface area (Å²) >= 11 is 0. The summed E-state index contributed by atoms with van der Waals surface area (Å²) in [6.07, 6.45) is 0. The molecular formula is C9H10N2O. The molecule has 0 fully saturated rings. The van der Waals surface area contributed by atoms with Gasteiger partial charge in [0.1, 0.15) is 0 Å². The molecule has 3 nitrogen and oxygen atoms in total. The van der Waals surface area contributed by atoms with Crippen molar-refractivity contribution in [2.75, 3.05) is 5.32 Å². The Balaban J connectivity index is 2.65. The molecule has 0 aromatic heterocycles. The van der Waals surface area contributed by atoms with E-state index in [0.29, 0.717) is 0 Å². The van der Waals surface area contributed by atoms with Crippen molar-refractivity contribution >= 4 is 11.6 Å². The summed E-state index contributed by atoms with van der Waals surface area (Å²) in [7, 11) is 0. The number of benzene rings is 1. The van der Waals surface area contributed by atoms with Crippen LogP contribution in [0, 0.1) is 0 Å². The first-order chi connectivity index (χ1) is 5.70. The van der Waals surface area contributed by atoms with Gasteiger partial charge >= 0.3 is 0 Å². The number of nitrogens with two attached hydrogens (primary N) is 1. The van der Waals surface area contributed by atoms with E-state index in [2.05, 4.69) is 11.9 Å². The molecule has 12 heavy (non-hydrogen) atoms. The molecule has 62 valence electrons. The molecule has 0 atom stereocenters. The van der Waals surface area contributed by atoms with E-state index in [1.807, 2.05) is 30.3 Å². The van der Waals surface area contributed by atoms with Gasteiger partial charge in [-0.15, -0.1) is 0 Å². The first-order valence-electron chi connectivity index (χ1n) is 3.51. The van der Waals surface area contributed by atoms with E-state index in [4.69, 9.17) is 5.73 Å². The van der Waals surface area contributed by atoms with Crippen LogP contribution in [-0.4, -0.2) is 5.91 Å². The summed E-state index contributed by atoms with van der Waals surface area (Å²) in [6.45, 7) is 3.46. The average molecular weight is 162 g/mol. The van der Waals surface area contributed by atoms with Gasteiger partial charge in [-0.05, 0) is 12.1 Å². The maximum absolute atomic E-state index is 10.6. The van der Waals surface area contributed by atoms with Crippen LogP contribution in [0.2, 0.25) is 0 Å². The molecule has 0 aliphatic carbocycles. The van der Waals surface area contributed by atoms with E-state index >= 15 is 0 Å². The Bertz CT molecular complexity index is 293. The second-order valence-electron chi connectivity index (χ2n) is 2.33. The predicted octanol–water partition coefficient (Wildman–Crippen LogP) is 1.10. The van der Waals surface area contributed by atoms with Crippen molar-refractivity contribution in [1.29, 1.82) is 0 Å². The van der Waals surface area contributed by atoms with E-state index in [1.165, 1.54) is 0 Å². The van der Waals surface area contributed by atoms with Crippen LogP contribution >= 0.6 is 0 Å². The Morgan fingerprint density at radius 2 is 1.92 bits per heavy atom. The topological polar surface area (TPSA) is 55.1 Å². The highest BCUT2D eigenvalue weighted by Crippen LogP contribution is 2.06. The highest BCUT2D eigenvalue weighted by molar-refractivity contribution is 5.94. The third-order valence-corrected chi connectivity index (χ3v) is 1.37. The first kappa shape index (κ1) is 8.33. The number of hydrogen-bond donors (Lipinski definition) is 2. The van der Waals surface area contributed by atoms with E-state index in [1.54, 1.807) is 0 Å². The Morgan fingerprint density at radius 3 is 2.42 bits per heavy atom. The quantitative estimate of drug-likeness (QED) is 0.654. The predicted molar refractivity (Wildman–Crippen MR) is 48.4 cm³/mol. The van der Waals surface area contributed by atoms with Gasteiger partial charge in [-0.1, -0.05) is 24.8 Å². The molecule has 1 rings (SSSR count). The lowest BCUT2D eigenvalue weighted by Crippen LogP contribution is -2.18. The first-order valence-corrected chi connectivity index (χ1v) is 3.51.